The van der Waals surface area contributed by atoms with E-state index in [1.54, 1.807) is 25.4 Å². The van der Waals surface area contributed by atoms with E-state index in [2.05, 4.69) is 25.8 Å². The Bertz CT molecular complexity index is 966. The Morgan fingerprint density at radius 2 is 1.58 bits per heavy atom. The van der Waals surface area contributed by atoms with Crippen LogP contribution >= 0.6 is 35.0 Å². The van der Waals surface area contributed by atoms with Crippen molar-refractivity contribution in [3.63, 3.8) is 0 Å². The fraction of sp³-hybridized carbons (Fsp3) is 0.375. The lowest BCUT2D eigenvalue weighted by molar-refractivity contribution is 0.191. The molecule has 2 N–H and O–H groups in total. The molecule has 0 amide bonds. The third-order valence-corrected chi connectivity index (χ3v) is 5.94. The zero-order chi connectivity index (χ0) is 23.1. The number of aliphatic hydroxyl groups excluding tert-OH is 2. The van der Waals surface area contributed by atoms with Crippen LogP contribution in [0, 0.1) is 12.8 Å². The molecule has 1 atom stereocenters. The minimum Gasteiger partial charge on any atom is -0.390 e. The summed E-state index contributed by atoms with van der Waals surface area (Å²) in [6.07, 6.45) is 2.79. The lowest BCUT2D eigenvalue weighted by Crippen LogP contribution is -2.08. The van der Waals surface area contributed by atoms with Crippen LogP contribution in [0.15, 0.2) is 52.6 Å². The zero-order valence-corrected chi connectivity index (χ0v) is 20.9. The summed E-state index contributed by atoms with van der Waals surface area (Å²) in [7, 11) is 0. The van der Waals surface area contributed by atoms with E-state index < -0.39 is 6.10 Å². The number of hydrogen-bond donors (Lipinski definition) is 2. The monoisotopic (exact) mass is 480 g/mol. The van der Waals surface area contributed by atoms with Crippen molar-refractivity contribution >= 4 is 35.0 Å². The van der Waals surface area contributed by atoms with Crippen LogP contribution in [-0.4, -0.2) is 19.8 Å². The first kappa shape index (κ1) is 25.8. The van der Waals surface area contributed by atoms with Crippen LogP contribution in [0.2, 0.25) is 10.0 Å². The summed E-state index contributed by atoms with van der Waals surface area (Å²) < 4.78 is 2.03. The van der Waals surface area contributed by atoms with E-state index in [0.29, 0.717) is 22.3 Å². The van der Waals surface area contributed by atoms with E-state index in [0.717, 1.165) is 32.5 Å². The van der Waals surface area contributed by atoms with Crippen molar-refractivity contribution in [2.24, 2.45) is 5.92 Å². The summed E-state index contributed by atoms with van der Waals surface area (Å²) in [5.74, 6) is 0.833. The molecule has 0 saturated carbocycles. The quantitative estimate of drug-likeness (QED) is 0.402. The summed E-state index contributed by atoms with van der Waals surface area (Å²) in [6.45, 7) is 10.6. The van der Waals surface area contributed by atoms with E-state index in [4.69, 9.17) is 23.2 Å². The molecular formula is C24H30Cl2N2O2S. The van der Waals surface area contributed by atoms with E-state index in [1.807, 2.05) is 35.8 Å². The average Bonchev–Trinajstić information content (AvgIpc) is 2.93. The molecule has 0 fully saturated rings. The first-order chi connectivity index (χ1) is 14.6. The van der Waals surface area contributed by atoms with Crippen LogP contribution in [0.3, 0.4) is 0 Å². The predicted octanol–water partition coefficient (Wildman–Crippen LogP) is 6.91. The molecule has 0 spiro atoms. The molecular weight excluding hydrogens is 451 g/mol. The molecule has 168 valence electrons. The minimum absolute atomic E-state index is 0.164. The van der Waals surface area contributed by atoms with Crippen molar-refractivity contribution in [3.8, 4) is 0 Å². The summed E-state index contributed by atoms with van der Waals surface area (Å²) >= 11 is 13.8. The van der Waals surface area contributed by atoms with Crippen LogP contribution in [0.4, 0.5) is 0 Å². The molecule has 0 radical (unpaired) electrons. The van der Waals surface area contributed by atoms with Crippen LogP contribution in [0.25, 0.3) is 0 Å². The van der Waals surface area contributed by atoms with Crippen LogP contribution < -0.4 is 0 Å². The third kappa shape index (κ3) is 7.26. The fourth-order valence-electron chi connectivity index (χ4n) is 3.20. The Hall–Kier alpha value is -1.50. The van der Waals surface area contributed by atoms with E-state index in [9.17, 15) is 10.2 Å². The van der Waals surface area contributed by atoms with Crippen molar-refractivity contribution in [2.45, 2.75) is 63.8 Å². The lowest BCUT2D eigenvalue weighted by atomic mass is 10.1. The standard InChI is InChI=1S/C20H20Cl2N2O2S.C4H10/c1-12-19(13(2)26)18(11-25)24(10-14-3-5-23-6-4-14)20(12)27-17-8-15(21)7-16(22)9-17;1-4(2)3/h3-9,13,25-26H,10-11H2,1-2H3;4H,1-3H3. The van der Waals surface area contributed by atoms with Gasteiger partial charge in [0.2, 0.25) is 0 Å². The Kier molecular flexibility index (Phi) is 9.91. The Balaban J connectivity index is 0.000000785. The second-order valence-electron chi connectivity index (χ2n) is 8.01. The second-order valence-corrected chi connectivity index (χ2v) is 9.94. The molecule has 1 unspecified atom stereocenters. The second kappa shape index (κ2) is 11.9. The average molecular weight is 481 g/mol. The largest absolute Gasteiger partial charge is 0.390 e. The van der Waals surface area contributed by atoms with Crippen LogP contribution in [0.5, 0.6) is 0 Å². The molecule has 0 bridgehead atoms. The number of halogens is 2. The van der Waals surface area contributed by atoms with Gasteiger partial charge in [-0.2, -0.15) is 0 Å². The van der Waals surface area contributed by atoms with Gasteiger partial charge in [0.25, 0.3) is 0 Å². The summed E-state index contributed by atoms with van der Waals surface area (Å²) in [6, 6.07) is 9.26. The maximum absolute atomic E-state index is 10.3. The van der Waals surface area contributed by atoms with Crippen LogP contribution in [0.1, 0.15) is 56.2 Å². The number of pyridine rings is 1. The van der Waals surface area contributed by atoms with E-state index >= 15 is 0 Å². The molecule has 3 aromatic rings. The molecule has 4 nitrogen and oxygen atoms in total. The fourth-order valence-corrected chi connectivity index (χ4v) is 4.99. The Labute approximate surface area is 199 Å². The van der Waals surface area contributed by atoms with Gasteiger partial charge < -0.3 is 14.8 Å². The first-order valence-corrected chi connectivity index (χ1v) is 11.7. The number of hydrogen-bond acceptors (Lipinski definition) is 4. The molecule has 0 aliphatic carbocycles. The van der Waals surface area contributed by atoms with Gasteiger partial charge in [0, 0.05) is 39.4 Å². The normalized spacial score (nSPS) is 11.9. The van der Waals surface area contributed by atoms with Gasteiger partial charge in [-0.05, 0) is 61.2 Å². The highest BCUT2D eigenvalue weighted by molar-refractivity contribution is 7.99. The molecule has 2 heterocycles. The highest BCUT2D eigenvalue weighted by atomic mass is 35.5. The molecule has 31 heavy (non-hydrogen) atoms. The molecule has 0 aliphatic rings. The SMILES string of the molecule is CC(C)C.Cc1c(C(C)O)c(CO)n(Cc2ccncc2)c1Sc1cc(Cl)cc(Cl)c1. The van der Waals surface area contributed by atoms with Crippen molar-refractivity contribution in [3.05, 3.63) is 75.2 Å². The molecule has 1 aromatic carbocycles. The van der Waals surface area contributed by atoms with E-state index in [-0.39, 0.29) is 6.61 Å². The Morgan fingerprint density at radius 3 is 2.06 bits per heavy atom. The highest BCUT2D eigenvalue weighted by Gasteiger charge is 2.23. The van der Waals surface area contributed by atoms with Crippen molar-refractivity contribution in [2.75, 3.05) is 0 Å². The van der Waals surface area contributed by atoms with Gasteiger partial charge in [-0.1, -0.05) is 55.7 Å². The Morgan fingerprint density at radius 1 is 1.03 bits per heavy atom. The molecule has 7 heteroatoms. The van der Waals surface area contributed by atoms with Gasteiger partial charge in [0.15, 0.2) is 0 Å². The third-order valence-electron chi connectivity index (χ3n) is 4.31. The molecule has 0 saturated heterocycles. The highest BCUT2D eigenvalue weighted by Crippen LogP contribution is 2.39. The maximum atomic E-state index is 10.3. The summed E-state index contributed by atoms with van der Waals surface area (Å²) in [4.78, 5) is 4.95. The van der Waals surface area contributed by atoms with Crippen molar-refractivity contribution in [1.82, 2.24) is 9.55 Å². The predicted molar refractivity (Wildman–Crippen MR) is 130 cm³/mol. The molecule has 2 aromatic heterocycles. The van der Waals surface area contributed by atoms with Gasteiger partial charge in [-0.3, -0.25) is 4.98 Å². The summed E-state index contributed by atoms with van der Waals surface area (Å²) in [5, 5.41) is 22.4. The molecule has 0 aliphatic heterocycles. The number of rotatable bonds is 6. The summed E-state index contributed by atoms with van der Waals surface area (Å²) in [5.41, 5.74) is 3.44. The van der Waals surface area contributed by atoms with Crippen LogP contribution in [-0.2, 0) is 13.2 Å². The maximum Gasteiger partial charge on any atom is 0.0837 e. The van der Waals surface area contributed by atoms with E-state index in [1.165, 1.54) is 11.8 Å². The number of benzene rings is 1. The lowest BCUT2D eigenvalue weighted by Gasteiger charge is -2.14. The van der Waals surface area contributed by atoms with Gasteiger partial charge in [-0.15, -0.1) is 0 Å². The van der Waals surface area contributed by atoms with Crippen molar-refractivity contribution < 1.29 is 10.2 Å². The number of nitrogens with zero attached hydrogens (tertiary/aromatic N) is 2. The first-order valence-electron chi connectivity index (χ1n) is 10.2. The zero-order valence-electron chi connectivity index (χ0n) is 18.6. The van der Waals surface area contributed by atoms with Gasteiger partial charge >= 0.3 is 0 Å². The number of aromatic nitrogens is 2. The van der Waals surface area contributed by atoms with Gasteiger partial charge in [-0.25, -0.2) is 0 Å². The van der Waals surface area contributed by atoms with Crippen molar-refractivity contribution in [1.29, 1.82) is 0 Å². The topological polar surface area (TPSA) is 58.3 Å². The smallest absolute Gasteiger partial charge is 0.0837 e. The molecule has 3 rings (SSSR count). The van der Waals surface area contributed by atoms with Gasteiger partial charge in [0.1, 0.15) is 0 Å². The number of aliphatic hydroxyl groups is 2. The minimum atomic E-state index is -0.687. The van der Waals surface area contributed by atoms with Gasteiger partial charge in [0.05, 0.1) is 23.4 Å².